The van der Waals surface area contributed by atoms with E-state index in [0.29, 0.717) is 18.0 Å². The van der Waals surface area contributed by atoms with E-state index in [1.165, 1.54) is 18.4 Å². The molecule has 3 aromatic rings. The third kappa shape index (κ3) is 4.23. The molecule has 1 amide bonds. The second kappa shape index (κ2) is 8.14. The lowest BCUT2D eigenvalue weighted by Gasteiger charge is -2.23. The van der Waals surface area contributed by atoms with Crippen molar-refractivity contribution in [2.24, 2.45) is 0 Å². The Kier molecular flexibility index (Phi) is 5.25. The normalized spacial score (nSPS) is 14.8. The van der Waals surface area contributed by atoms with Gasteiger partial charge in [-0.15, -0.1) is 5.10 Å². The third-order valence-electron chi connectivity index (χ3n) is 5.05. The van der Waals surface area contributed by atoms with Gasteiger partial charge in [0.25, 0.3) is 5.91 Å². The summed E-state index contributed by atoms with van der Waals surface area (Å²) in [5.74, 6) is 0.500. The van der Waals surface area contributed by atoms with Crippen LogP contribution >= 0.6 is 0 Å². The van der Waals surface area contributed by atoms with Gasteiger partial charge in [-0.05, 0) is 61.2 Å². The zero-order chi connectivity index (χ0) is 18.5. The van der Waals surface area contributed by atoms with Crippen LogP contribution in [0.25, 0.3) is 0 Å². The third-order valence-corrected chi connectivity index (χ3v) is 5.05. The summed E-state index contributed by atoms with van der Waals surface area (Å²) in [6, 6.07) is 15.8. The van der Waals surface area contributed by atoms with Crippen molar-refractivity contribution >= 4 is 11.6 Å². The van der Waals surface area contributed by atoms with E-state index in [0.717, 1.165) is 24.3 Å². The van der Waals surface area contributed by atoms with Crippen LogP contribution in [0.15, 0.2) is 60.9 Å². The summed E-state index contributed by atoms with van der Waals surface area (Å²) in [7, 11) is 0. The quantitative estimate of drug-likeness (QED) is 0.733. The molecule has 138 valence electrons. The molecule has 1 saturated heterocycles. The number of amides is 1. The zero-order valence-corrected chi connectivity index (χ0v) is 15.1. The number of benzene rings is 2. The van der Waals surface area contributed by atoms with Gasteiger partial charge in [-0.25, -0.2) is 4.68 Å². The van der Waals surface area contributed by atoms with Gasteiger partial charge in [-0.3, -0.25) is 4.79 Å². The van der Waals surface area contributed by atoms with E-state index < -0.39 is 0 Å². The smallest absolute Gasteiger partial charge is 0.256 e. The highest BCUT2D eigenvalue weighted by molar-refractivity contribution is 6.05. The predicted molar refractivity (Wildman–Crippen MR) is 105 cm³/mol. The Morgan fingerprint density at radius 1 is 1.11 bits per heavy atom. The van der Waals surface area contributed by atoms with Crippen LogP contribution < -0.4 is 10.6 Å². The summed E-state index contributed by atoms with van der Waals surface area (Å²) >= 11 is 0. The largest absolute Gasteiger partial charge is 0.322 e. The monoisotopic (exact) mass is 361 g/mol. The van der Waals surface area contributed by atoms with Crippen molar-refractivity contribution in [1.29, 1.82) is 0 Å². The molecule has 1 fully saturated rings. The van der Waals surface area contributed by atoms with Crippen molar-refractivity contribution < 1.29 is 4.79 Å². The number of aromatic nitrogens is 3. The molecule has 4 rings (SSSR count). The average molecular weight is 361 g/mol. The summed E-state index contributed by atoms with van der Waals surface area (Å²) in [4.78, 5) is 12.8. The lowest BCUT2D eigenvalue weighted by Crippen LogP contribution is -2.26. The van der Waals surface area contributed by atoms with Gasteiger partial charge in [0.15, 0.2) is 0 Å². The molecule has 2 heterocycles. The highest BCUT2D eigenvalue weighted by atomic mass is 16.1. The fourth-order valence-electron chi connectivity index (χ4n) is 3.56. The molecule has 6 nitrogen and oxygen atoms in total. The Morgan fingerprint density at radius 3 is 2.63 bits per heavy atom. The highest BCUT2D eigenvalue weighted by Crippen LogP contribution is 2.26. The number of nitrogens with zero attached hydrogens (tertiary/aromatic N) is 3. The molecule has 0 spiro atoms. The molecule has 2 N–H and O–H groups in total. The van der Waals surface area contributed by atoms with Crippen LogP contribution in [0, 0.1) is 0 Å². The lowest BCUT2D eigenvalue weighted by atomic mass is 9.90. The summed E-state index contributed by atoms with van der Waals surface area (Å²) in [5, 5.41) is 14.2. The number of hydrogen-bond donors (Lipinski definition) is 2. The van der Waals surface area contributed by atoms with E-state index in [2.05, 4.69) is 33.1 Å². The number of carbonyl (C=O) groups excluding carboxylic acids is 1. The topological polar surface area (TPSA) is 71.8 Å². The van der Waals surface area contributed by atoms with Gasteiger partial charge in [-0.1, -0.05) is 35.5 Å². The van der Waals surface area contributed by atoms with E-state index in [9.17, 15) is 4.79 Å². The maximum atomic E-state index is 12.8. The molecule has 0 atom stereocenters. The minimum atomic E-state index is -0.111. The van der Waals surface area contributed by atoms with Crippen molar-refractivity contribution in [3.8, 4) is 0 Å². The number of rotatable bonds is 5. The first-order chi connectivity index (χ1) is 13.3. The number of carbonyl (C=O) groups is 1. The van der Waals surface area contributed by atoms with Crippen molar-refractivity contribution in [3.05, 3.63) is 77.6 Å². The fourth-order valence-corrected chi connectivity index (χ4v) is 3.56. The first-order valence-electron chi connectivity index (χ1n) is 9.33. The molecule has 1 aliphatic rings. The summed E-state index contributed by atoms with van der Waals surface area (Å²) < 4.78 is 1.71. The van der Waals surface area contributed by atoms with Crippen LogP contribution in [-0.4, -0.2) is 34.0 Å². The van der Waals surface area contributed by atoms with Gasteiger partial charge in [0.1, 0.15) is 0 Å². The molecule has 1 aromatic heterocycles. The Hall–Kier alpha value is -2.99. The van der Waals surface area contributed by atoms with Crippen molar-refractivity contribution in [2.45, 2.75) is 25.3 Å². The minimum Gasteiger partial charge on any atom is -0.322 e. The Bertz CT molecular complexity index is 883. The van der Waals surface area contributed by atoms with E-state index in [-0.39, 0.29) is 5.91 Å². The molecule has 6 heteroatoms. The molecule has 0 unspecified atom stereocenters. The number of nitrogens with one attached hydrogen (secondary N) is 2. The second-order valence-electron chi connectivity index (χ2n) is 6.86. The van der Waals surface area contributed by atoms with Crippen LogP contribution in [0.2, 0.25) is 0 Å². The zero-order valence-electron chi connectivity index (χ0n) is 15.1. The standard InChI is InChI=1S/C21H23N5O/c27-21(20-4-2-1-3-18(20)15-26-14-13-23-25-26)24-19-7-5-16(6-8-19)17-9-11-22-12-10-17/h1-8,13-14,17,22H,9-12,15H2,(H,24,27). The van der Waals surface area contributed by atoms with Gasteiger partial charge in [0.05, 0.1) is 12.7 Å². The molecule has 1 aliphatic heterocycles. The van der Waals surface area contributed by atoms with Crippen molar-refractivity contribution in [2.75, 3.05) is 18.4 Å². The van der Waals surface area contributed by atoms with Crippen LogP contribution in [0.4, 0.5) is 5.69 Å². The summed E-state index contributed by atoms with van der Waals surface area (Å²) in [5.41, 5.74) is 3.72. The summed E-state index contributed by atoms with van der Waals surface area (Å²) in [6.07, 6.45) is 5.75. The lowest BCUT2D eigenvalue weighted by molar-refractivity contribution is 0.102. The second-order valence-corrected chi connectivity index (χ2v) is 6.86. The van der Waals surface area contributed by atoms with E-state index in [4.69, 9.17) is 0 Å². The fraction of sp³-hybridized carbons (Fsp3) is 0.286. The van der Waals surface area contributed by atoms with Gasteiger partial charge in [0, 0.05) is 17.4 Å². The Balaban J connectivity index is 1.46. The molecule has 0 saturated carbocycles. The van der Waals surface area contributed by atoms with Gasteiger partial charge in [-0.2, -0.15) is 0 Å². The molecular weight excluding hydrogens is 338 g/mol. The summed E-state index contributed by atoms with van der Waals surface area (Å²) in [6.45, 7) is 2.66. The Morgan fingerprint density at radius 2 is 1.89 bits per heavy atom. The molecule has 2 aromatic carbocycles. The molecule has 0 bridgehead atoms. The van der Waals surface area contributed by atoms with E-state index in [1.807, 2.05) is 36.4 Å². The molecular formula is C21H23N5O. The SMILES string of the molecule is O=C(Nc1ccc(C2CCNCC2)cc1)c1ccccc1Cn1ccnn1. The van der Waals surface area contributed by atoms with Gasteiger partial charge in [0.2, 0.25) is 0 Å². The average Bonchev–Trinajstić information content (AvgIpc) is 3.23. The molecule has 0 aliphatic carbocycles. The van der Waals surface area contributed by atoms with Crippen molar-refractivity contribution in [3.63, 3.8) is 0 Å². The molecule has 27 heavy (non-hydrogen) atoms. The number of hydrogen-bond acceptors (Lipinski definition) is 4. The maximum absolute atomic E-state index is 12.8. The minimum absolute atomic E-state index is 0.111. The van der Waals surface area contributed by atoms with Crippen LogP contribution in [-0.2, 0) is 6.54 Å². The van der Waals surface area contributed by atoms with E-state index in [1.54, 1.807) is 17.1 Å². The maximum Gasteiger partial charge on any atom is 0.256 e. The highest BCUT2D eigenvalue weighted by Gasteiger charge is 2.16. The first-order valence-corrected chi connectivity index (χ1v) is 9.33. The van der Waals surface area contributed by atoms with E-state index >= 15 is 0 Å². The van der Waals surface area contributed by atoms with Gasteiger partial charge < -0.3 is 10.6 Å². The van der Waals surface area contributed by atoms with Crippen LogP contribution in [0.5, 0.6) is 0 Å². The Labute approximate surface area is 158 Å². The van der Waals surface area contributed by atoms with Crippen LogP contribution in [0.1, 0.15) is 40.2 Å². The number of piperidine rings is 1. The number of anilines is 1. The molecule has 0 radical (unpaired) electrons. The van der Waals surface area contributed by atoms with Crippen LogP contribution in [0.3, 0.4) is 0 Å². The first kappa shape index (κ1) is 17.4. The van der Waals surface area contributed by atoms with Gasteiger partial charge >= 0.3 is 0 Å². The van der Waals surface area contributed by atoms with Crippen molar-refractivity contribution in [1.82, 2.24) is 20.3 Å². The predicted octanol–water partition coefficient (Wildman–Crippen LogP) is 3.05.